The number of aliphatic hydroxyl groups is 1. The third-order valence-electron chi connectivity index (χ3n) is 3.86. The van der Waals surface area contributed by atoms with E-state index in [0.29, 0.717) is 19.0 Å². The Bertz CT molecular complexity index is 541. The molecule has 1 aromatic carbocycles. The second kappa shape index (κ2) is 4.90. The fourth-order valence-corrected chi connectivity index (χ4v) is 2.71. The van der Waals surface area contributed by atoms with E-state index in [1.54, 1.807) is 4.90 Å². The number of hydrogen-bond acceptors (Lipinski definition) is 3. The van der Waals surface area contributed by atoms with Gasteiger partial charge in [-0.2, -0.15) is 0 Å². The molecule has 1 heterocycles. The van der Waals surface area contributed by atoms with Crippen molar-refractivity contribution in [1.82, 2.24) is 4.90 Å². The van der Waals surface area contributed by atoms with Gasteiger partial charge in [-0.15, -0.1) is 0 Å². The maximum Gasteiger partial charge on any atom is 0.260 e. The van der Waals surface area contributed by atoms with Crippen molar-refractivity contribution >= 4 is 17.5 Å². The molecule has 20 heavy (non-hydrogen) atoms. The second-order valence-corrected chi connectivity index (χ2v) is 5.90. The number of hydrogen-bond donors (Lipinski definition) is 1. The number of nitrogens with zero attached hydrogens (tertiary/aromatic N) is 1. The van der Waals surface area contributed by atoms with Crippen molar-refractivity contribution in [2.24, 2.45) is 5.92 Å². The molecule has 1 saturated carbocycles. The largest absolute Gasteiger partial charge is 0.482 e. The Labute approximate surface area is 121 Å². The summed E-state index contributed by atoms with van der Waals surface area (Å²) in [6.07, 6.45) is 2.08. The molecule has 1 N–H and O–H groups in total. The van der Waals surface area contributed by atoms with Crippen LogP contribution < -0.4 is 4.74 Å². The predicted molar refractivity (Wildman–Crippen MR) is 71.2 cm³/mol. The van der Waals surface area contributed by atoms with Crippen LogP contribution in [0.1, 0.15) is 12.8 Å². The maximum atomic E-state index is 12.9. The average Bonchev–Trinajstić information content (AvgIpc) is 3.18. The van der Waals surface area contributed by atoms with Crippen LogP contribution in [0, 0.1) is 11.7 Å². The van der Waals surface area contributed by atoms with E-state index in [2.05, 4.69) is 0 Å². The molecule has 0 unspecified atom stereocenters. The minimum Gasteiger partial charge on any atom is -0.482 e. The molecule has 1 aromatic rings. The Morgan fingerprint density at radius 1 is 1.50 bits per heavy atom. The Kier molecular flexibility index (Phi) is 3.34. The molecule has 4 nitrogen and oxygen atoms in total. The summed E-state index contributed by atoms with van der Waals surface area (Å²) >= 11 is 5.81. The molecule has 1 aliphatic carbocycles. The molecule has 1 amide bonds. The molecule has 0 spiro atoms. The molecule has 0 aromatic heterocycles. The number of benzene rings is 1. The minimum absolute atomic E-state index is 0.135. The van der Waals surface area contributed by atoms with Gasteiger partial charge in [-0.05, 0) is 37.0 Å². The number of ether oxygens (including phenoxy) is 1. The molecule has 0 radical (unpaired) electrons. The number of halogens is 2. The first-order valence-electron chi connectivity index (χ1n) is 6.56. The topological polar surface area (TPSA) is 49.8 Å². The van der Waals surface area contributed by atoms with Crippen molar-refractivity contribution in [3.8, 4) is 5.75 Å². The third-order valence-corrected chi connectivity index (χ3v) is 4.16. The highest BCUT2D eigenvalue weighted by atomic mass is 35.5. The Morgan fingerprint density at radius 3 is 2.80 bits per heavy atom. The lowest BCUT2D eigenvalue weighted by Crippen LogP contribution is -2.65. The molecule has 6 heteroatoms. The van der Waals surface area contributed by atoms with Gasteiger partial charge < -0.3 is 14.7 Å². The van der Waals surface area contributed by atoms with Gasteiger partial charge in [-0.1, -0.05) is 11.6 Å². The second-order valence-electron chi connectivity index (χ2n) is 5.49. The van der Waals surface area contributed by atoms with Crippen molar-refractivity contribution in [2.45, 2.75) is 18.4 Å². The van der Waals surface area contributed by atoms with Crippen LogP contribution in [0.5, 0.6) is 5.75 Å². The highest BCUT2D eigenvalue weighted by molar-refractivity contribution is 6.32. The molecule has 108 valence electrons. The van der Waals surface area contributed by atoms with E-state index >= 15 is 0 Å². The van der Waals surface area contributed by atoms with Crippen molar-refractivity contribution in [3.05, 3.63) is 29.0 Å². The zero-order valence-corrected chi connectivity index (χ0v) is 11.6. The number of rotatable bonds is 4. The lowest BCUT2D eigenvalue weighted by molar-refractivity contribution is -0.161. The quantitative estimate of drug-likeness (QED) is 0.923. The first-order chi connectivity index (χ1) is 9.48. The lowest BCUT2D eigenvalue weighted by Gasteiger charge is -2.46. The summed E-state index contributed by atoms with van der Waals surface area (Å²) in [5.41, 5.74) is -0.691. The van der Waals surface area contributed by atoms with Crippen molar-refractivity contribution in [3.63, 3.8) is 0 Å². The molecule has 3 rings (SSSR count). The van der Waals surface area contributed by atoms with E-state index in [0.717, 1.165) is 18.9 Å². The standard InChI is InChI=1S/C14H15ClFNO3/c15-11-5-10(16)3-4-12(11)20-6-13(18)17-7-14(19,8-17)9-1-2-9/h3-5,9,19H,1-2,6-8H2. The summed E-state index contributed by atoms with van der Waals surface area (Å²) in [4.78, 5) is 13.4. The highest BCUT2D eigenvalue weighted by Gasteiger charge is 2.53. The van der Waals surface area contributed by atoms with Crippen LogP contribution in [-0.4, -0.2) is 41.2 Å². The van der Waals surface area contributed by atoms with E-state index in [9.17, 15) is 14.3 Å². The van der Waals surface area contributed by atoms with Gasteiger partial charge in [-0.3, -0.25) is 4.79 Å². The fraction of sp³-hybridized carbons (Fsp3) is 0.500. The molecular formula is C14H15ClFNO3. The number of likely N-dealkylation sites (tertiary alicyclic amines) is 1. The fourth-order valence-electron chi connectivity index (χ4n) is 2.49. The zero-order valence-electron chi connectivity index (χ0n) is 10.8. The van der Waals surface area contributed by atoms with E-state index in [4.69, 9.17) is 16.3 Å². The monoisotopic (exact) mass is 299 g/mol. The first kappa shape index (κ1) is 13.6. The minimum atomic E-state index is -0.691. The zero-order chi connectivity index (χ0) is 14.3. The molecule has 1 aliphatic heterocycles. The van der Waals surface area contributed by atoms with Crippen molar-refractivity contribution in [1.29, 1.82) is 0 Å². The molecule has 0 atom stereocenters. The van der Waals surface area contributed by atoms with Crippen LogP contribution in [0.4, 0.5) is 4.39 Å². The number of carbonyl (C=O) groups is 1. The lowest BCUT2D eigenvalue weighted by atomic mass is 9.89. The number of carbonyl (C=O) groups excluding carboxylic acids is 1. The third kappa shape index (κ3) is 2.60. The van der Waals surface area contributed by atoms with E-state index < -0.39 is 11.4 Å². The Hall–Kier alpha value is -1.33. The number of amides is 1. The first-order valence-corrected chi connectivity index (χ1v) is 6.94. The normalized spacial score (nSPS) is 20.4. The van der Waals surface area contributed by atoms with Gasteiger partial charge in [-0.25, -0.2) is 4.39 Å². The summed E-state index contributed by atoms with van der Waals surface area (Å²) in [7, 11) is 0. The van der Waals surface area contributed by atoms with Gasteiger partial charge in [0.05, 0.1) is 18.1 Å². The van der Waals surface area contributed by atoms with Gasteiger partial charge in [0.15, 0.2) is 6.61 Å². The van der Waals surface area contributed by atoms with E-state index in [1.807, 2.05) is 0 Å². The van der Waals surface area contributed by atoms with Gasteiger partial charge >= 0.3 is 0 Å². The summed E-state index contributed by atoms with van der Waals surface area (Å²) in [6.45, 7) is 0.583. The molecule has 2 aliphatic rings. The van der Waals surface area contributed by atoms with Crippen LogP contribution in [0.3, 0.4) is 0 Å². The van der Waals surface area contributed by atoms with E-state index in [1.165, 1.54) is 12.1 Å². The molecule has 0 bridgehead atoms. The Balaban J connectivity index is 1.50. The van der Waals surface area contributed by atoms with Crippen LogP contribution in [0.2, 0.25) is 5.02 Å². The van der Waals surface area contributed by atoms with E-state index in [-0.39, 0.29) is 23.3 Å². The van der Waals surface area contributed by atoms with Crippen molar-refractivity contribution in [2.75, 3.05) is 19.7 Å². The van der Waals surface area contributed by atoms with Crippen molar-refractivity contribution < 1.29 is 19.0 Å². The summed E-state index contributed by atoms with van der Waals surface area (Å²) in [6, 6.07) is 3.75. The van der Waals surface area contributed by atoms with Crippen LogP contribution >= 0.6 is 11.6 Å². The maximum absolute atomic E-state index is 12.9. The summed E-state index contributed by atoms with van der Waals surface area (Å²) < 4.78 is 18.1. The SMILES string of the molecule is O=C(COc1ccc(F)cc1Cl)N1CC(O)(C2CC2)C1. The molecule has 1 saturated heterocycles. The van der Waals surface area contributed by atoms with Crippen LogP contribution in [0.25, 0.3) is 0 Å². The van der Waals surface area contributed by atoms with Crippen LogP contribution in [0.15, 0.2) is 18.2 Å². The molecule has 2 fully saturated rings. The Morgan fingerprint density at radius 2 is 2.20 bits per heavy atom. The van der Waals surface area contributed by atoms with Gasteiger partial charge in [0.1, 0.15) is 17.2 Å². The summed E-state index contributed by atoms with van der Waals surface area (Å²) in [5, 5.41) is 10.3. The smallest absolute Gasteiger partial charge is 0.260 e. The van der Waals surface area contributed by atoms with Gasteiger partial charge in [0.25, 0.3) is 5.91 Å². The van der Waals surface area contributed by atoms with Gasteiger partial charge in [0, 0.05) is 0 Å². The van der Waals surface area contributed by atoms with Crippen LogP contribution in [-0.2, 0) is 4.79 Å². The average molecular weight is 300 g/mol. The predicted octanol–water partition coefficient (Wildman–Crippen LogP) is 1.84. The van der Waals surface area contributed by atoms with Gasteiger partial charge in [0.2, 0.25) is 0 Å². The highest BCUT2D eigenvalue weighted by Crippen LogP contribution is 2.44. The molecular weight excluding hydrogens is 285 g/mol. The number of β-amino-alcohol motifs (C(OH)–C–C–N with tert-alkyl or cyclic N) is 1. The summed E-state index contributed by atoms with van der Waals surface area (Å²) in [5.74, 6) is -0.0277.